The highest BCUT2D eigenvalue weighted by Crippen LogP contribution is 2.25. The lowest BCUT2D eigenvalue weighted by molar-refractivity contribution is 0.0843. The van der Waals surface area contributed by atoms with E-state index in [1.165, 1.54) is 0 Å². The van der Waals surface area contributed by atoms with Crippen molar-refractivity contribution in [3.05, 3.63) is 35.9 Å². The number of aliphatic hydroxyl groups is 1. The van der Waals surface area contributed by atoms with Crippen molar-refractivity contribution in [3.63, 3.8) is 0 Å². The summed E-state index contributed by atoms with van der Waals surface area (Å²) in [5, 5.41) is 13.3. The second kappa shape index (κ2) is 9.15. The Hall–Kier alpha value is -0.940. The van der Waals surface area contributed by atoms with E-state index in [0.29, 0.717) is 6.04 Å². The van der Waals surface area contributed by atoms with Crippen molar-refractivity contribution in [2.24, 2.45) is 0 Å². The fourth-order valence-corrected chi connectivity index (χ4v) is 2.79. The average Bonchev–Trinajstić information content (AvgIpc) is 2.53. The van der Waals surface area contributed by atoms with E-state index in [4.69, 9.17) is 4.74 Å². The van der Waals surface area contributed by atoms with Gasteiger partial charge in [0.25, 0.3) is 0 Å². The smallest absolute Gasteiger partial charge is 0.0678 e. The molecule has 2 unspecified atom stereocenters. The van der Waals surface area contributed by atoms with E-state index in [9.17, 15) is 5.11 Å². The molecule has 4 nitrogen and oxygen atoms in total. The van der Waals surface area contributed by atoms with Crippen LogP contribution in [-0.2, 0) is 10.3 Å². The van der Waals surface area contributed by atoms with Crippen molar-refractivity contribution in [1.82, 2.24) is 10.2 Å². The first-order valence-corrected chi connectivity index (χ1v) is 7.71. The van der Waals surface area contributed by atoms with E-state index in [2.05, 4.69) is 36.2 Å². The molecule has 2 atom stereocenters. The van der Waals surface area contributed by atoms with Gasteiger partial charge in [0.2, 0.25) is 0 Å². The topological polar surface area (TPSA) is 44.7 Å². The molecule has 2 N–H and O–H groups in total. The molecule has 0 aromatic heterocycles. The van der Waals surface area contributed by atoms with E-state index in [1.807, 2.05) is 25.2 Å². The molecule has 4 heteroatoms. The second-order valence-electron chi connectivity index (χ2n) is 5.54. The van der Waals surface area contributed by atoms with Gasteiger partial charge in [-0.15, -0.1) is 0 Å². The van der Waals surface area contributed by atoms with E-state index in [0.717, 1.165) is 31.7 Å². The van der Waals surface area contributed by atoms with E-state index < -0.39 is 0 Å². The van der Waals surface area contributed by atoms with E-state index in [1.54, 1.807) is 7.11 Å². The molecular weight excluding hydrogens is 264 g/mol. The van der Waals surface area contributed by atoms with Gasteiger partial charge in [-0.2, -0.15) is 0 Å². The van der Waals surface area contributed by atoms with Gasteiger partial charge >= 0.3 is 0 Å². The predicted molar refractivity (Wildman–Crippen MR) is 87.5 cm³/mol. The number of hydrogen-bond acceptors (Lipinski definition) is 4. The summed E-state index contributed by atoms with van der Waals surface area (Å²) in [6, 6.07) is 10.6. The molecular formula is C17H30N2O2. The maximum Gasteiger partial charge on any atom is 0.0678 e. The summed E-state index contributed by atoms with van der Waals surface area (Å²) in [6.45, 7) is 7.04. The number of rotatable bonds is 10. The van der Waals surface area contributed by atoms with Crippen molar-refractivity contribution in [2.75, 3.05) is 40.5 Å². The van der Waals surface area contributed by atoms with Gasteiger partial charge in [0.1, 0.15) is 0 Å². The molecule has 0 amide bonds. The summed E-state index contributed by atoms with van der Waals surface area (Å²) in [4.78, 5) is 2.38. The fourth-order valence-electron chi connectivity index (χ4n) is 2.79. The Kier molecular flexibility index (Phi) is 7.89. The summed E-state index contributed by atoms with van der Waals surface area (Å²) < 4.78 is 5.25. The molecule has 0 saturated heterocycles. The van der Waals surface area contributed by atoms with Crippen LogP contribution in [-0.4, -0.2) is 56.5 Å². The van der Waals surface area contributed by atoms with Gasteiger partial charge < -0.3 is 15.2 Å². The maximum atomic E-state index is 9.95. The number of aliphatic hydroxyl groups excluding tert-OH is 1. The standard InChI is InChI=1S/C17H30N2O2/c1-5-19(15(2)13-21-4)12-11-17(14-20,18-3)16-9-7-6-8-10-16/h6-10,15,18,20H,5,11-14H2,1-4H3. The minimum atomic E-state index is -0.387. The normalized spacial score (nSPS) is 15.9. The highest BCUT2D eigenvalue weighted by Gasteiger charge is 2.30. The minimum Gasteiger partial charge on any atom is -0.394 e. The van der Waals surface area contributed by atoms with Crippen molar-refractivity contribution < 1.29 is 9.84 Å². The van der Waals surface area contributed by atoms with Crippen LogP contribution in [0.25, 0.3) is 0 Å². The third-order valence-corrected chi connectivity index (χ3v) is 4.34. The van der Waals surface area contributed by atoms with Crippen molar-refractivity contribution in [2.45, 2.75) is 31.8 Å². The van der Waals surface area contributed by atoms with Gasteiger partial charge in [-0.1, -0.05) is 37.3 Å². The number of hydrogen-bond donors (Lipinski definition) is 2. The van der Waals surface area contributed by atoms with Crippen molar-refractivity contribution in [1.29, 1.82) is 0 Å². The minimum absolute atomic E-state index is 0.0870. The average molecular weight is 294 g/mol. The second-order valence-corrected chi connectivity index (χ2v) is 5.54. The zero-order valence-electron chi connectivity index (χ0n) is 13.8. The fraction of sp³-hybridized carbons (Fsp3) is 0.647. The molecule has 0 aliphatic rings. The Morgan fingerprint density at radius 1 is 1.33 bits per heavy atom. The van der Waals surface area contributed by atoms with Gasteiger partial charge in [-0.25, -0.2) is 0 Å². The van der Waals surface area contributed by atoms with Gasteiger partial charge in [0.15, 0.2) is 0 Å². The lowest BCUT2D eigenvalue weighted by atomic mass is 9.87. The lowest BCUT2D eigenvalue weighted by Gasteiger charge is -2.36. The first-order chi connectivity index (χ1) is 10.1. The molecule has 0 saturated carbocycles. The van der Waals surface area contributed by atoms with Gasteiger partial charge in [0.05, 0.1) is 18.8 Å². The highest BCUT2D eigenvalue weighted by molar-refractivity contribution is 5.24. The van der Waals surface area contributed by atoms with Crippen LogP contribution in [0.1, 0.15) is 25.8 Å². The Labute approximate surface area is 129 Å². The summed E-state index contributed by atoms with van der Waals surface area (Å²) >= 11 is 0. The Bertz CT molecular complexity index is 380. The summed E-state index contributed by atoms with van der Waals surface area (Å²) in [7, 11) is 3.65. The molecule has 0 aliphatic heterocycles. The Morgan fingerprint density at radius 3 is 2.48 bits per heavy atom. The number of ether oxygens (including phenoxy) is 1. The molecule has 0 bridgehead atoms. The maximum absolute atomic E-state index is 9.95. The Balaban J connectivity index is 2.79. The first-order valence-electron chi connectivity index (χ1n) is 7.71. The molecule has 0 fully saturated rings. The zero-order valence-corrected chi connectivity index (χ0v) is 13.8. The molecule has 0 aliphatic carbocycles. The van der Waals surface area contributed by atoms with Crippen LogP contribution in [0, 0.1) is 0 Å². The van der Waals surface area contributed by atoms with Crippen LogP contribution < -0.4 is 5.32 Å². The van der Waals surface area contributed by atoms with E-state index >= 15 is 0 Å². The monoisotopic (exact) mass is 294 g/mol. The summed E-state index contributed by atoms with van der Waals surface area (Å²) in [5.41, 5.74) is 0.743. The molecule has 0 heterocycles. The molecule has 0 radical (unpaired) electrons. The number of likely N-dealkylation sites (N-methyl/N-ethyl adjacent to an activating group) is 2. The number of benzene rings is 1. The number of nitrogens with zero attached hydrogens (tertiary/aromatic N) is 1. The molecule has 120 valence electrons. The van der Waals surface area contributed by atoms with Crippen LogP contribution in [0.5, 0.6) is 0 Å². The number of nitrogens with one attached hydrogen (secondary N) is 1. The van der Waals surface area contributed by atoms with Crippen LogP contribution in [0.3, 0.4) is 0 Å². The quantitative estimate of drug-likeness (QED) is 0.691. The van der Waals surface area contributed by atoms with Crippen LogP contribution in [0.4, 0.5) is 0 Å². The van der Waals surface area contributed by atoms with Crippen molar-refractivity contribution in [3.8, 4) is 0 Å². The molecule has 1 rings (SSSR count). The zero-order chi connectivity index (χ0) is 15.7. The molecule has 1 aromatic rings. The Morgan fingerprint density at radius 2 is 2.00 bits per heavy atom. The SMILES string of the molecule is CCN(CCC(CO)(NC)c1ccccc1)C(C)COC. The van der Waals surface area contributed by atoms with Crippen LogP contribution >= 0.6 is 0 Å². The first kappa shape index (κ1) is 18.1. The van der Waals surface area contributed by atoms with Gasteiger partial charge in [0, 0.05) is 19.7 Å². The van der Waals surface area contributed by atoms with Crippen molar-refractivity contribution >= 4 is 0 Å². The van der Waals surface area contributed by atoms with E-state index in [-0.39, 0.29) is 12.1 Å². The number of methoxy groups -OCH3 is 1. The molecule has 1 aromatic carbocycles. The third kappa shape index (κ3) is 4.78. The van der Waals surface area contributed by atoms with Crippen LogP contribution in [0.15, 0.2) is 30.3 Å². The molecule has 0 spiro atoms. The summed E-state index contributed by atoms with van der Waals surface area (Å²) in [6.07, 6.45) is 0.853. The highest BCUT2D eigenvalue weighted by atomic mass is 16.5. The van der Waals surface area contributed by atoms with Crippen LogP contribution in [0.2, 0.25) is 0 Å². The van der Waals surface area contributed by atoms with Gasteiger partial charge in [-0.3, -0.25) is 4.90 Å². The third-order valence-electron chi connectivity index (χ3n) is 4.34. The molecule has 21 heavy (non-hydrogen) atoms. The lowest BCUT2D eigenvalue weighted by Crippen LogP contribution is -2.47. The largest absolute Gasteiger partial charge is 0.394 e. The van der Waals surface area contributed by atoms with Gasteiger partial charge in [-0.05, 0) is 32.5 Å². The predicted octanol–water partition coefficient (Wildman–Crippen LogP) is 1.84. The summed E-state index contributed by atoms with van der Waals surface area (Å²) in [5.74, 6) is 0.